The molecular weight excluding hydrogens is 358 g/mol. The summed E-state index contributed by atoms with van der Waals surface area (Å²) in [5, 5.41) is 0. The number of nitrogens with zero attached hydrogens (tertiary/aromatic N) is 2. The molecule has 1 aromatic carbocycles. The Bertz CT molecular complexity index is 1120. The highest BCUT2D eigenvalue weighted by molar-refractivity contribution is 5.67. The highest BCUT2D eigenvalue weighted by Gasteiger charge is 2.25. The molecule has 7 heteroatoms. The summed E-state index contributed by atoms with van der Waals surface area (Å²) in [6.07, 6.45) is 4.01. The maximum atomic E-state index is 12.0. The minimum absolute atomic E-state index is 0.246. The van der Waals surface area contributed by atoms with E-state index in [2.05, 4.69) is 9.97 Å². The molecule has 2 aromatic heterocycles. The molecule has 0 radical (unpaired) electrons. The van der Waals surface area contributed by atoms with E-state index in [4.69, 9.17) is 9.47 Å². The molecule has 1 fully saturated rings. The van der Waals surface area contributed by atoms with E-state index in [1.807, 2.05) is 31.2 Å². The van der Waals surface area contributed by atoms with E-state index in [-0.39, 0.29) is 11.7 Å². The number of benzene rings is 1. The van der Waals surface area contributed by atoms with E-state index in [1.165, 1.54) is 4.57 Å². The molecular formula is C21H21N3O4. The zero-order chi connectivity index (χ0) is 19.8. The summed E-state index contributed by atoms with van der Waals surface area (Å²) in [6.45, 7) is 3.61. The van der Waals surface area contributed by atoms with Crippen LogP contribution < -0.4 is 20.7 Å². The summed E-state index contributed by atoms with van der Waals surface area (Å²) in [7, 11) is 1.64. The minimum Gasteiger partial charge on any atom is -0.485 e. The van der Waals surface area contributed by atoms with E-state index in [0.29, 0.717) is 28.6 Å². The van der Waals surface area contributed by atoms with Gasteiger partial charge < -0.3 is 9.47 Å². The van der Waals surface area contributed by atoms with Crippen LogP contribution >= 0.6 is 0 Å². The largest absolute Gasteiger partial charge is 0.485 e. The molecule has 1 aliphatic rings. The fourth-order valence-corrected chi connectivity index (χ4v) is 3.10. The number of nitrogens with one attached hydrogen (secondary N) is 1. The van der Waals surface area contributed by atoms with Crippen molar-refractivity contribution in [2.75, 3.05) is 0 Å². The number of pyridine rings is 1. The number of rotatable bonds is 5. The van der Waals surface area contributed by atoms with Gasteiger partial charge in [-0.1, -0.05) is 0 Å². The van der Waals surface area contributed by atoms with Crippen molar-refractivity contribution in [1.82, 2.24) is 14.5 Å². The fraction of sp³-hybridized carbons (Fsp3) is 0.286. The number of aryl methyl sites for hydroxylation is 1. The van der Waals surface area contributed by atoms with Crippen molar-refractivity contribution in [2.24, 2.45) is 7.05 Å². The second-order valence-electron chi connectivity index (χ2n) is 6.99. The summed E-state index contributed by atoms with van der Waals surface area (Å²) in [5.74, 6) is 1.65. The molecule has 3 aromatic rings. The van der Waals surface area contributed by atoms with Crippen LogP contribution in [0.3, 0.4) is 0 Å². The Kier molecular flexibility index (Phi) is 4.50. The van der Waals surface area contributed by atoms with Gasteiger partial charge in [0.1, 0.15) is 5.75 Å². The third kappa shape index (κ3) is 3.43. The minimum atomic E-state index is -0.444. The van der Waals surface area contributed by atoms with Gasteiger partial charge >= 0.3 is 5.69 Å². The molecule has 0 amide bonds. The molecule has 1 saturated carbocycles. The second kappa shape index (κ2) is 6.99. The topological polar surface area (TPSA) is 86.2 Å². The van der Waals surface area contributed by atoms with Gasteiger partial charge in [0.2, 0.25) is 0 Å². The Hall–Kier alpha value is -3.35. The Morgan fingerprint density at radius 1 is 1.18 bits per heavy atom. The van der Waals surface area contributed by atoms with Gasteiger partial charge in [0, 0.05) is 24.4 Å². The number of hydrogen-bond donors (Lipinski definition) is 1. The van der Waals surface area contributed by atoms with Crippen LogP contribution in [0.2, 0.25) is 0 Å². The molecule has 144 valence electrons. The molecule has 1 aliphatic carbocycles. The second-order valence-corrected chi connectivity index (χ2v) is 6.99. The van der Waals surface area contributed by atoms with Crippen LogP contribution in [0, 0.1) is 13.8 Å². The third-order valence-electron chi connectivity index (χ3n) is 4.78. The molecule has 0 bridgehead atoms. The van der Waals surface area contributed by atoms with E-state index < -0.39 is 5.69 Å². The first-order chi connectivity index (χ1) is 13.4. The quantitative estimate of drug-likeness (QED) is 0.736. The zero-order valence-corrected chi connectivity index (χ0v) is 16.0. The van der Waals surface area contributed by atoms with Crippen molar-refractivity contribution < 1.29 is 9.47 Å². The Morgan fingerprint density at radius 2 is 1.96 bits per heavy atom. The van der Waals surface area contributed by atoms with Crippen LogP contribution in [0.1, 0.15) is 24.0 Å². The molecule has 7 nitrogen and oxygen atoms in total. The SMILES string of the molecule is Cc1cc(Oc2ncccc2OC2CC2)ccc1-c1c(C)c(=O)[nH]c(=O)n1C. The first-order valence-electron chi connectivity index (χ1n) is 9.14. The van der Waals surface area contributed by atoms with Gasteiger partial charge in [-0.25, -0.2) is 9.78 Å². The van der Waals surface area contributed by atoms with Crippen molar-refractivity contribution in [2.45, 2.75) is 32.8 Å². The normalized spacial score (nSPS) is 13.4. The maximum Gasteiger partial charge on any atom is 0.328 e. The lowest BCUT2D eigenvalue weighted by atomic mass is 10.0. The average molecular weight is 379 g/mol. The van der Waals surface area contributed by atoms with Crippen LogP contribution in [-0.4, -0.2) is 20.6 Å². The molecule has 4 rings (SSSR count). The average Bonchev–Trinajstić information content (AvgIpc) is 3.48. The lowest BCUT2D eigenvalue weighted by Crippen LogP contribution is -2.31. The molecule has 2 heterocycles. The van der Waals surface area contributed by atoms with E-state index in [0.717, 1.165) is 24.0 Å². The molecule has 0 aliphatic heterocycles. The summed E-state index contributed by atoms with van der Waals surface area (Å²) < 4.78 is 13.2. The van der Waals surface area contributed by atoms with Gasteiger partial charge in [0.15, 0.2) is 5.75 Å². The number of H-pyrrole nitrogens is 1. The molecule has 28 heavy (non-hydrogen) atoms. The Morgan fingerprint density at radius 3 is 2.68 bits per heavy atom. The molecule has 0 unspecified atom stereocenters. The van der Waals surface area contributed by atoms with Crippen LogP contribution in [-0.2, 0) is 7.05 Å². The summed E-state index contributed by atoms with van der Waals surface area (Å²) in [4.78, 5) is 30.6. The van der Waals surface area contributed by atoms with E-state index in [1.54, 1.807) is 26.2 Å². The van der Waals surface area contributed by atoms with Crippen molar-refractivity contribution >= 4 is 0 Å². The van der Waals surface area contributed by atoms with Gasteiger partial charge in [0.05, 0.1) is 11.8 Å². The predicted octanol–water partition coefficient (Wildman–Crippen LogP) is 3.09. The highest BCUT2D eigenvalue weighted by Crippen LogP contribution is 2.35. The predicted molar refractivity (Wildman–Crippen MR) is 105 cm³/mol. The summed E-state index contributed by atoms with van der Waals surface area (Å²) in [5.41, 5.74) is 1.93. The van der Waals surface area contributed by atoms with E-state index in [9.17, 15) is 9.59 Å². The van der Waals surface area contributed by atoms with Crippen LogP contribution in [0.25, 0.3) is 11.3 Å². The van der Waals surface area contributed by atoms with Crippen LogP contribution in [0.4, 0.5) is 0 Å². The number of aromatic nitrogens is 3. The van der Waals surface area contributed by atoms with Gasteiger partial charge in [0.25, 0.3) is 11.4 Å². The lowest BCUT2D eigenvalue weighted by molar-refractivity contribution is 0.285. The summed E-state index contributed by atoms with van der Waals surface area (Å²) >= 11 is 0. The zero-order valence-electron chi connectivity index (χ0n) is 16.0. The van der Waals surface area contributed by atoms with Crippen molar-refractivity contribution in [3.05, 3.63) is 68.5 Å². The monoisotopic (exact) mass is 379 g/mol. The first kappa shape index (κ1) is 18.0. The fourth-order valence-electron chi connectivity index (χ4n) is 3.10. The summed E-state index contributed by atoms with van der Waals surface area (Å²) in [6, 6.07) is 9.15. The van der Waals surface area contributed by atoms with Crippen molar-refractivity contribution in [3.63, 3.8) is 0 Å². The van der Waals surface area contributed by atoms with Gasteiger partial charge in [-0.2, -0.15) is 0 Å². The number of hydrogen-bond acceptors (Lipinski definition) is 5. The van der Waals surface area contributed by atoms with Crippen LogP contribution in [0.15, 0.2) is 46.1 Å². The maximum absolute atomic E-state index is 12.0. The smallest absolute Gasteiger partial charge is 0.328 e. The molecule has 0 atom stereocenters. The van der Waals surface area contributed by atoms with E-state index >= 15 is 0 Å². The van der Waals surface area contributed by atoms with Crippen molar-refractivity contribution in [1.29, 1.82) is 0 Å². The highest BCUT2D eigenvalue weighted by atomic mass is 16.5. The molecule has 0 saturated heterocycles. The Balaban J connectivity index is 1.69. The number of ether oxygens (including phenoxy) is 2. The van der Waals surface area contributed by atoms with Gasteiger partial charge in [-0.05, 0) is 62.6 Å². The molecule has 1 N–H and O–H groups in total. The molecule has 0 spiro atoms. The van der Waals surface area contributed by atoms with Gasteiger partial charge in [-0.15, -0.1) is 0 Å². The Labute approximate surface area is 161 Å². The standard InChI is InChI=1S/C21H21N3O4/c1-12-11-15(28-20-17(5-4-10-22-20)27-14-6-7-14)8-9-16(12)18-13(2)19(25)23-21(26)24(18)3/h4-5,8-11,14H,6-7H2,1-3H3,(H,23,25,26). The van der Waals surface area contributed by atoms with Gasteiger partial charge in [-0.3, -0.25) is 14.3 Å². The first-order valence-corrected chi connectivity index (χ1v) is 9.14. The third-order valence-corrected chi connectivity index (χ3v) is 4.78. The van der Waals surface area contributed by atoms with Crippen LogP contribution in [0.5, 0.6) is 17.4 Å². The lowest BCUT2D eigenvalue weighted by Gasteiger charge is -2.15. The number of aromatic amines is 1. The van der Waals surface area contributed by atoms with Crippen molar-refractivity contribution in [3.8, 4) is 28.6 Å².